The second kappa shape index (κ2) is 8.13. The van der Waals surface area contributed by atoms with Gasteiger partial charge in [0.1, 0.15) is 18.2 Å². The van der Waals surface area contributed by atoms with Gasteiger partial charge in [0, 0.05) is 0 Å². The van der Waals surface area contributed by atoms with Crippen molar-refractivity contribution in [2.45, 2.75) is 13.5 Å². The summed E-state index contributed by atoms with van der Waals surface area (Å²) in [6.07, 6.45) is 1.74. The van der Waals surface area contributed by atoms with E-state index in [4.69, 9.17) is 4.74 Å². The van der Waals surface area contributed by atoms with Crippen molar-refractivity contribution >= 4 is 11.6 Å². The molecule has 0 N–H and O–H groups in total. The zero-order chi connectivity index (χ0) is 18.4. The van der Waals surface area contributed by atoms with Crippen molar-refractivity contribution in [2.24, 2.45) is 0 Å². The minimum Gasteiger partial charge on any atom is -0.489 e. The largest absolute Gasteiger partial charge is 0.489 e. The van der Waals surface area contributed by atoms with Gasteiger partial charge in [-0.05, 0) is 54.0 Å². The molecule has 26 heavy (non-hydrogen) atoms. The summed E-state index contributed by atoms with van der Waals surface area (Å²) >= 11 is 0. The Morgan fingerprint density at radius 2 is 1.81 bits per heavy atom. The average Bonchev–Trinajstić information content (AvgIpc) is 2.65. The monoisotopic (exact) mass is 343 g/mol. The molecule has 3 heteroatoms. The van der Waals surface area contributed by atoms with Crippen molar-refractivity contribution in [3.8, 4) is 11.8 Å². The second-order valence-corrected chi connectivity index (χ2v) is 6.03. The Bertz CT molecular complexity index is 968. The van der Waals surface area contributed by atoms with Crippen LogP contribution in [-0.4, -0.2) is 0 Å². The van der Waals surface area contributed by atoms with Gasteiger partial charge < -0.3 is 4.74 Å². The lowest BCUT2D eigenvalue weighted by molar-refractivity contribution is 0.306. The molecule has 0 heterocycles. The smallest absolute Gasteiger partial charge is 0.123 e. The molecule has 0 fully saturated rings. The number of hydrogen-bond donors (Lipinski definition) is 0. The minimum absolute atomic E-state index is 0.358. The van der Waals surface area contributed by atoms with E-state index in [1.807, 2.05) is 36.4 Å². The summed E-state index contributed by atoms with van der Waals surface area (Å²) in [4.78, 5) is 0. The zero-order valence-corrected chi connectivity index (χ0v) is 14.4. The molecule has 3 aromatic rings. The molecule has 0 aliphatic rings. The molecule has 0 unspecified atom stereocenters. The molecule has 2 nitrogen and oxygen atoms in total. The van der Waals surface area contributed by atoms with Gasteiger partial charge >= 0.3 is 0 Å². The first-order chi connectivity index (χ1) is 12.6. The first-order valence-corrected chi connectivity index (χ1v) is 8.30. The standard InChI is InChI=1S/C23H18FNO/c1-17-4-2-5-19(12-17)16-26-23-10-8-18(9-11-23)13-21(15-25)20-6-3-7-22(24)14-20/h2-14H,16H2,1H3/b21-13-. The number of allylic oxidation sites excluding steroid dienone is 1. The van der Waals surface area contributed by atoms with Crippen molar-refractivity contribution in [3.05, 3.63) is 101 Å². The van der Waals surface area contributed by atoms with E-state index in [0.29, 0.717) is 17.7 Å². The normalized spacial score (nSPS) is 11.0. The van der Waals surface area contributed by atoms with Gasteiger partial charge in [0.15, 0.2) is 0 Å². The van der Waals surface area contributed by atoms with Gasteiger partial charge in [0.25, 0.3) is 0 Å². The van der Waals surface area contributed by atoms with Crippen LogP contribution in [0, 0.1) is 24.1 Å². The Balaban J connectivity index is 1.71. The molecule has 0 spiro atoms. The zero-order valence-electron chi connectivity index (χ0n) is 14.4. The van der Waals surface area contributed by atoms with E-state index >= 15 is 0 Å². The van der Waals surface area contributed by atoms with Crippen LogP contribution in [0.4, 0.5) is 4.39 Å². The molecule has 0 amide bonds. The third kappa shape index (κ3) is 4.58. The van der Waals surface area contributed by atoms with Gasteiger partial charge in [-0.25, -0.2) is 4.39 Å². The topological polar surface area (TPSA) is 33.0 Å². The minimum atomic E-state index is -0.358. The number of rotatable bonds is 5. The van der Waals surface area contributed by atoms with Gasteiger partial charge in [-0.2, -0.15) is 5.26 Å². The summed E-state index contributed by atoms with van der Waals surface area (Å²) in [7, 11) is 0. The van der Waals surface area contributed by atoms with Crippen LogP contribution < -0.4 is 4.74 Å². The lowest BCUT2D eigenvalue weighted by atomic mass is 10.0. The number of ether oxygens (including phenoxy) is 1. The SMILES string of the molecule is Cc1cccc(COc2ccc(/C=C(/C#N)c3cccc(F)c3)cc2)c1. The van der Waals surface area contributed by atoms with E-state index in [1.165, 1.54) is 17.7 Å². The fraction of sp³-hybridized carbons (Fsp3) is 0.0870. The molecule has 0 aromatic heterocycles. The highest BCUT2D eigenvalue weighted by Crippen LogP contribution is 2.21. The number of benzene rings is 3. The predicted octanol–water partition coefficient (Wildman–Crippen LogP) is 5.78. The van der Waals surface area contributed by atoms with Gasteiger partial charge in [0.05, 0.1) is 11.6 Å². The van der Waals surface area contributed by atoms with Crippen molar-refractivity contribution < 1.29 is 9.13 Å². The van der Waals surface area contributed by atoms with Gasteiger partial charge in [0.2, 0.25) is 0 Å². The van der Waals surface area contributed by atoms with Crippen LogP contribution in [0.3, 0.4) is 0 Å². The molecule has 0 radical (unpaired) electrons. The predicted molar refractivity (Wildman–Crippen MR) is 102 cm³/mol. The van der Waals surface area contributed by atoms with E-state index in [-0.39, 0.29) is 5.82 Å². The number of hydrogen-bond acceptors (Lipinski definition) is 2. The third-order valence-electron chi connectivity index (χ3n) is 3.94. The van der Waals surface area contributed by atoms with Gasteiger partial charge in [-0.1, -0.05) is 54.1 Å². The van der Waals surface area contributed by atoms with Crippen molar-refractivity contribution in [1.82, 2.24) is 0 Å². The Labute approximate surface area is 152 Å². The fourth-order valence-corrected chi connectivity index (χ4v) is 2.63. The van der Waals surface area contributed by atoms with E-state index in [1.54, 1.807) is 18.2 Å². The van der Waals surface area contributed by atoms with E-state index in [0.717, 1.165) is 16.9 Å². The van der Waals surface area contributed by atoms with Crippen molar-refractivity contribution in [1.29, 1.82) is 5.26 Å². The summed E-state index contributed by atoms with van der Waals surface area (Å²) in [6, 6.07) is 23.8. The number of nitriles is 1. The third-order valence-corrected chi connectivity index (χ3v) is 3.94. The Kier molecular flexibility index (Phi) is 5.46. The molecule has 0 bridgehead atoms. The highest BCUT2D eigenvalue weighted by atomic mass is 19.1. The van der Waals surface area contributed by atoms with Crippen molar-refractivity contribution in [3.63, 3.8) is 0 Å². The van der Waals surface area contributed by atoms with E-state index in [9.17, 15) is 9.65 Å². The molecular weight excluding hydrogens is 325 g/mol. The van der Waals surface area contributed by atoms with Crippen LogP contribution in [0.1, 0.15) is 22.3 Å². The molecule has 0 saturated carbocycles. The summed E-state index contributed by atoms with van der Waals surface area (Å²) in [5, 5.41) is 9.35. The molecule has 128 valence electrons. The molecule has 0 saturated heterocycles. The van der Waals surface area contributed by atoms with Crippen LogP contribution >= 0.6 is 0 Å². The second-order valence-electron chi connectivity index (χ2n) is 6.03. The van der Waals surface area contributed by atoms with Crippen LogP contribution in [0.2, 0.25) is 0 Å². The average molecular weight is 343 g/mol. The van der Waals surface area contributed by atoms with Gasteiger partial charge in [-0.3, -0.25) is 0 Å². The quantitative estimate of drug-likeness (QED) is 0.435. The summed E-state index contributed by atoms with van der Waals surface area (Å²) < 4.78 is 19.2. The van der Waals surface area contributed by atoms with E-state index in [2.05, 4.69) is 25.1 Å². The van der Waals surface area contributed by atoms with Crippen LogP contribution in [-0.2, 0) is 6.61 Å². The summed E-state index contributed by atoms with van der Waals surface area (Å²) in [5.74, 6) is 0.400. The Morgan fingerprint density at radius 3 is 2.50 bits per heavy atom. The Morgan fingerprint density at radius 1 is 1.04 bits per heavy atom. The molecule has 0 aliphatic carbocycles. The molecular formula is C23H18FNO. The molecule has 0 atom stereocenters. The van der Waals surface area contributed by atoms with Crippen LogP contribution in [0.15, 0.2) is 72.8 Å². The van der Waals surface area contributed by atoms with Gasteiger partial charge in [-0.15, -0.1) is 0 Å². The highest BCUT2D eigenvalue weighted by Gasteiger charge is 2.03. The first-order valence-electron chi connectivity index (χ1n) is 8.30. The summed E-state index contributed by atoms with van der Waals surface area (Å²) in [6.45, 7) is 2.56. The van der Waals surface area contributed by atoms with Crippen LogP contribution in [0.25, 0.3) is 11.6 Å². The highest BCUT2D eigenvalue weighted by molar-refractivity contribution is 5.89. The fourth-order valence-electron chi connectivity index (χ4n) is 2.63. The number of nitrogens with zero attached hydrogens (tertiary/aromatic N) is 1. The summed E-state index contributed by atoms with van der Waals surface area (Å²) in [5.41, 5.74) is 4.15. The lowest BCUT2D eigenvalue weighted by Gasteiger charge is -2.07. The maximum atomic E-state index is 13.4. The molecule has 3 rings (SSSR count). The first kappa shape index (κ1) is 17.4. The van der Waals surface area contributed by atoms with Crippen LogP contribution in [0.5, 0.6) is 5.75 Å². The maximum absolute atomic E-state index is 13.4. The molecule has 0 aliphatic heterocycles. The van der Waals surface area contributed by atoms with Crippen molar-refractivity contribution in [2.75, 3.05) is 0 Å². The number of halogens is 1. The lowest BCUT2D eigenvalue weighted by Crippen LogP contribution is -1.95. The maximum Gasteiger partial charge on any atom is 0.123 e. The Hall–Kier alpha value is -3.38. The van der Waals surface area contributed by atoms with E-state index < -0.39 is 0 Å². The number of aryl methyl sites for hydroxylation is 1. The molecule has 3 aromatic carbocycles.